The molecular formula is C42H53FN10O7. The molecule has 1 saturated heterocycles. The number of anilines is 5. The molecule has 2 aromatic heterocycles. The number of likely N-dealkylation sites (N-methyl/N-ethyl adjacent to an activating group) is 1. The van der Waals surface area contributed by atoms with Gasteiger partial charge in [0.1, 0.15) is 29.1 Å². The Morgan fingerprint density at radius 2 is 1.85 bits per heavy atom. The highest BCUT2D eigenvalue weighted by Crippen LogP contribution is 2.39. The maximum Gasteiger partial charge on any atom is 0.256 e. The summed E-state index contributed by atoms with van der Waals surface area (Å²) < 4.78 is 20.5. The number of aromatic amines is 1. The van der Waals surface area contributed by atoms with E-state index in [-0.39, 0.29) is 79.2 Å². The van der Waals surface area contributed by atoms with Gasteiger partial charge in [-0.15, -0.1) is 0 Å². The predicted molar refractivity (Wildman–Crippen MR) is 224 cm³/mol. The number of hydrogen-bond donors (Lipinski definition) is 6. The first-order valence-electron chi connectivity index (χ1n) is 19.9. The first-order valence-corrected chi connectivity index (χ1v) is 19.9. The van der Waals surface area contributed by atoms with Gasteiger partial charge in [0, 0.05) is 58.0 Å². The van der Waals surface area contributed by atoms with Crippen molar-refractivity contribution in [3.63, 3.8) is 0 Å². The molecule has 5 amide bonds. The fourth-order valence-electron chi connectivity index (χ4n) is 7.59. The van der Waals surface area contributed by atoms with Gasteiger partial charge in [0.15, 0.2) is 0 Å². The Labute approximate surface area is 347 Å². The highest BCUT2D eigenvalue weighted by Gasteiger charge is 2.40. The number of aromatic nitrogens is 3. The number of nitrogens with zero attached hydrogens (tertiary/aromatic N) is 5. The maximum atomic E-state index is 14.8. The smallest absolute Gasteiger partial charge is 0.256 e. The summed E-state index contributed by atoms with van der Waals surface area (Å²) in [4.78, 5) is 82.6. The van der Waals surface area contributed by atoms with Crippen LogP contribution in [0.25, 0.3) is 11.0 Å². The Balaban J connectivity index is 1.09. The number of aliphatic hydroxyl groups is 1. The average Bonchev–Trinajstić information content (AvgIpc) is 3.93. The highest BCUT2D eigenvalue weighted by atomic mass is 19.1. The van der Waals surface area contributed by atoms with Crippen LogP contribution in [0, 0.1) is 11.2 Å². The molecule has 6 N–H and O–H groups in total. The van der Waals surface area contributed by atoms with Crippen LogP contribution in [0.4, 0.5) is 33.2 Å². The Morgan fingerprint density at radius 3 is 2.53 bits per heavy atom. The molecule has 0 radical (unpaired) electrons. The summed E-state index contributed by atoms with van der Waals surface area (Å²) in [5.74, 6) is -1.62. The molecule has 2 aliphatic rings. The molecule has 4 aromatic rings. The number of hydrogen-bond acceptors (Lipinski definition) is 11. The third kappa shape index (κ3) is 9.43. The van der Waals surface area contributed by atoms with Crippen LogP contribution in [0.15, 0.2) is 42.6 Å². The molecule has 0 spiro atoms. The Hall–Kier alpha value is -6.30. The van der Waals surface area contributed by atoms with Crippen molar-refractivity contribution < 1.29 is 38.2 Å². The zero-order valence-corrected chi connectivity index (χ0v) is 34.9. The Morgan fingerprint density at radius 1 is 1.08 bits per heavy atom. The minimum Gasteiger partial charge on any atom is -0.495 e. The highest BCUT2D eigenvalue weighted by molar-refractivity contribution is 6.02. The molecular weight excluding hydrogens is 776 g/mol. The number of β-amino-alcohol motifs (C(OH)–C–C–N with tert-alkyl or cyclic N) is 1. The summed E-state index contributed by atoms with van der Waals surface area (Å²) in [6, 6.07) is 8.64. The van der Waals surface area contributed by atoms with Crippen LogP contribution in [-0.4, -0.2) is 118 Å². The normalized spacial score (nSPS) is 16.6. The molecule has 6 rings (SSSR count). The van der Waals surface area contributed by atoms with E-state index in [1.807, 2.05) is 33.8 Å². The van der Waals surface area contributed by atoms with Gasteiger partial charge in [-0.3, -0.25) is 24.0 Å². The predicted octanol–water partition coefficient (Wildman–Crippen LogP) is 3.98. The van der Waals surface area contributed by atoms with Crippen LogP contribution in [0.2, 0.25) is 0 Å². The van der Waals surface area contributed by atoms with Gasteiger partial charge in [-0.25, -0.2) is 4.39 Å². The van der Waals surface area contributed by atoms with E-state index in [9.17, 15) is 33.5 Å². The summed E-state index contributed by atoms with van der Waals surface area (Å²) in [6.07, 6.45) is 2.38. The maximum absolute atomic E-state index is 14.8. The van der Waals surface area contributed by atoms with Gasteiger partial charge in [-0.05, 0) is 67.5 Å². The van der Waals surface area contributed by atoms with Crippen molar-refractivity contribution >= 4 is 69.4 Å². The minimum atomic E-state index is -0.797. The average molecular weight is 829 g/mol. The molecule has 18 heteroatoms. The summed E-state index contributed by atoms with van der Waals surface area (Å²) in [5.41, 5.74) is 1.84. The lowest BCUT2D eigenvalue weighted by Crippen LogP contribution is -2.55. The quantitative estimate of drug-likeness (QED) is 0.107. The van der Waals surface area contributed by atoms with Crippen molar-refractivity contribution in [1.29, 1.82) is 0 Å². The molecule has 3 atom stereocenters. The van der Waals surface area contributed by atoms with E-state index in [1.165, 1.54) is 31.2 Å². The van der Waals surface area contributed by atoms with Crippen LogP contribution in [0.1, 0.15) is 69.3 Å². The van der Waals surface area contributed by atoms with E-state index >= 15 is 0 Å². The first-order chi connectivity index (χ1) is 28.5. The molecule has 2 aliphatic heterocycles. The number of benzene rings is 2. The molecule has 0 saturated carbocycles. The van der Waals surface area contributed by atoms with E-state index in [4.69, 9.17) is 4.74 Å². The molecule has 0 unspecified atom stereocenters. The number of halogens is 1. The van der Waals surface area contributed by atoms with Crippen molar-refractivity contribution in [1.82, 2.24) is 35.4 Å². The number of likely N-dealkylation sites (tertiary alicyclic amines) is 1. The lowest BCUT2D eigenvalue weighted by molar-refractivity contribution is -0.140. The van der Waals surface area contributed by atoms with E-state index in [2.05, 4.69) is 36.2 Å². The molecule has 17 nitrogen and oxygen atoms in total. The van der Waals surface area contributed by atoms with Crippen LogP contribution >= 0.6 is 0 Å². The third-order valence-corrected chi connectivity index (χ3v) is 10.8. The summed E-state index contributed by atoms with van der Waals surface area (Å²) in [7, 11) is 4.47. The lowest BCUT2D eigenvalue weighted by atomic mass is 9.85. The van der Waals surface area contributed by atoms with Crippen molar-refractivity contribution in [3.05, 3.63) is 59.5 Å². The first kappa shape index (κ1) is 43.3. The van der Waals surface area contributed by atoms with E-state index in [0.29, 0.717) is 53.4 Å². The van der Waals surface area contributed by atoms with Gasteiger partial charge in [0.2, 0.25) is 29.6 Å². The number of nitrogens with one attached hydrogen (secondary N) is 5. The number of carbonyl (C=O) groups excluding carboxylic acids is 5. The fraction of sp³-hybridized carbons (Fsp3) is 0.452. The largest absolute Gasteiger partial charge is 0.495 e. The molecule has 320 valence electrons. The topological polar surface area (TPSA) is 214 Å². The summed E-state index contributed by atoms with van der Waals surface area (Å²) in [5, 5.41) is 22.2. The van der Waals surface area contributed by atoms with Crippen LogP contribution in [-0.2, 0) is 25.6 Å². The summed E-state index contributed by atoms with van der Waals surface area (Å²) in [6.45, 7) is 7.88. The Bertz CT molecular complexity index is 2290. The zero-order chi connectivity index (χ0) is 43.5. The van der Waals surface area contributed by atoms with Crippen LogP contribution < -0.4 is 30.9 Å². The minimum absolute atomic E-state index is 0.0165. The Kier molecular flexibility index (Phi) is 12.9. The molecule has 0 bridgehead atoms. The monoisotopic (exact) mass is 828 g/mol. The van der Waals surface area contributed by atoms with Gasteiger partial charge < -0.3 is 50.8 Å². The third-order valence-electron chi connectivity index (χ3n) is 10.8. The number of amides is 5. The number of fused-ring (bicyclic) bond motifs is 2. The van der Waals surface area contributed by atoms with Gasteiger partial charge in [0.05, 0.1) is 42.1 Å². The number of carbonyl (C=O) groups is 5. The van der Waals surface area contributed by atoms with Crippen molar-refractivity contribution in [2.45, 2.75) is 78.0 Å². The van der Waals surface area contributed by atoms with E-state index in [0.717, 1.165) is 5.56 Å². The second kappa shape index (κ2) is 17.9. The SMILES string of the molecule is CNC(=O)c1c(F)cccc1Nc1nc(Nc2cc3c(cc2OC)CCN3C(=O)CN(C)C(=O)CCCC(=O)N[C@H](C(=O)N2C[C@H](O)C[C@H]2C)C(C)(C)C)nc2[nH]ccc12. The molecule has 2 aromatic carbocycles. The summed E-state index contributed by atoms with van der Waals surface area (Å²) >= 11 is 0. The van der Waals surface area contributed by atoms with Crippen LogP contribution in [0.3, 0.4) is 0 Å². The van der Waals surface area contributed by atoms with Crippen molar-refractivity contribution in [3.8, 4) is 5.75 Å². The van der Waals surface area contributed by atoms with E-state index < -0.39 is 29.3 Å². The van der Waals surface area contributed by atoms with Gasteiger partial charge in [-0.2, -0.15) is 9.97 Å². The number of rotatable bonds is 14. The lowest BCUT2D eigenvalue weighted by Gasteiger charge is -2.35. The molecule has 1 fully saturated rings. The standard InChI is InChI=1S/C42H53FN10O7/c1-23-18-25(54)21-53(23)40(59)36(42(2,3)4)48-32(55)12-9-13-33(56)51(6)22-34(57)52-17-15-24-19-31(60-7)29(20-30(24)52)47-41-49-37-26(14-16-45-37)38(50-41)46-28-11-8-10-27(43)35(28)39(58)44-5/h8,10-11,14,16,19-20,23,25,36,54H,9,12-13,15,17-18,21-22H2,1-7H3,(H,44,58)(H,48,55)(H3,45,46,47,49,50)/t23-,25-,36-/m1/s1. The molecule has 60 heavy (non-hydrogen) atoms. The van der Waals surface area contributed by atoms with E-state index in [1.54, 1.807) is 41.2 Å². The molecule has 0 aliphatic carbocycles. The number of aliphatic hydroxyl groups excluding tert-OH is 1. The fourth-order valence-corrected chi connectivity index (χ4v) is 7.59. The number of methoxy groups -OCH3 is 1. The second-order valence-corrected chi connectivity index (χ2v) is 16.3. The van der Waals surface area contributed by atoms with Gasteiger partial charge in [0.25, 0.3) is 5.91 Å². The molecule has 4 heterocycles. The zero-order valence-electron chi connectivity index (χ0n) is 34.9. The second-order valence-electron chi connectivity index (χ2n) is 16.3. The van der Waals surface area contributed by atoms with Gasteiger partial charge in [-0.1, -0.05) is 26.8 Å². The van der Waals surface area contributed by atoms with Crippen molar-refractivity contribution in [2.75, 3.05) is 56.4 Å². The number of ether oxygens (including phenoxy) is 1. The van der Waals surface area contributed by atoms with Crippen molar-refractivity contribution in [2.24, 2.45) is 5.41 Å². The van der Waals surface area contributed by atoms with Gasteiger partial charge >= 0.3 is 0 Å². The number of H-pyrrole nitrogens is 1. The van der Waals surface area contributed by atoms with Crippen LogP contribution in [0.5, 0.6) is 5.75 Å².